The summed E-state index contributed by atoms with van der Waals surface area (Å²) in [5, 5.41) is 20.6. The van der Waals surface area contributed by atoms with Gasteiger partial charge in [0.05, 0.1) is 36.0 Å². The van der Waals surface area contributed by atoms with E-state index in [1.54, 1.807) is 7.05 Å². The summed E-state index contributed by atoms with van der Waals surface area (Å²) in [6.45, 7) is 0. The fraction of sp³-hybridized carbons (Fsp3) is 0.120. The summed E-state index contributed by atoms with van der Waals surface area (Å²) in [6.07, 6.45) is 2.34. The molecule has 6 rings (SSSR count). The number of aromatic nitrogens is 8. The second-order valence-electron chi connectivity index (χ2n) is 8.88. The number of nitrogens with one attached hydrogen (secondary N) is 1. The number of hydrogen-bond acceptors (Lipinski definition) is 8. The number of halogens is 4. The molecule has 0 aliphatic carbocycles. The third-order valence-corrected chi connectivity index (χ3v) is 6.20. The van der Waals surface area contributed by atoms with Crippen LogP contribution in [0.5, 0.6) is 11.5 Å². The van der Waals surface area contributed by atoms with Gasteiger partial charge in [-0.25, -0.2) is 13.9 Å². The maximum absolute atomic E-state index is 13.7. The Bertz CT molecular complexity index is 2080. The number of hydrogen-bond donors (Lipinski definition) is 1. The van der Waals surface area contributed by atoms with Gasteiger partial charge in [0.2, 0.25) is 5.95 Å². The molecule has 206 valence electrons. The zero-order chi connectivity index (χ0) is 29.1. The largest absolute Gasteiger partial charge is 0.450 e. The number of nitrogens with zero attached hydrogens (tertiary/aromatic N) is 9. The molecule has 12 nitrogen and oxygen atoms in total. The lowest BCUT2D eigenvalue weighted by Gasteiger charge is -2.14. The summed E-state index contributed by atoms with van der Waals surface area (Å²) in [6, 6.07) is 5.39. The van der Waals surface area contributed by atoms with Crippen molar-refractivity contribution in [1.82, 2.24) is 38.5 Å². The Morgan fingerprint density at radius 1 is 1.05 bits per heavy atom. The van der Waals surface area contributed by atoms with Gasteiger partial charge in [-0.3, -0.25) is 14.0 Å². The monoisotopic (exact) mass is 564 g/mol. The molecule has 0 unspecified atom stereocenters. The lowest BCUT2D eigenvalue weighted by Crippen LogP contribution is -2.24. The minimum absolute atomic E-state index is 0.0105. The van der Waals surface area contributed by atoms with E-state index in [0.717, 1.165) is 10.8 Å². The highest BCUT2D eigenvalue weighted by molar-refractivity contribution is 5.84. The Hall–Kier alpha value is -5.72. The number of rotatable bonds is 5. The van der Waals surface area contributed by atoms with Crippen LogP contribution >= 0.6 is 0 Å². The van der Waals surface area contributed by atoms with Crippen LogP contribution in [-0.4, -0.2) is 38.5 Å². The summed E-state index contributed by atoms with van der Waals surface area (Å²) in [5.41, 5.74) is -1.47. The van der Waals surface area contributed by atoms with Crippen LogP contribution in [0.3, 0.4) is 0 Å². The smallest absolute Gasteiger partial charge is 0.417 e. The molecule has 6 heterocycles. The summed E-state index contributed by atoms with van der Waals surface area (Å²) >= 11 is 0. The Kier molecular flexibility index (Phi) is 5.73. The van der Waals surface area contributed by atoms with Crippen LogP contribution in [0.15, 0.2) is 60.2 Å². The van der Waals surface area contributed by atoms with Crippen LogP contribution in [0.2, 0.25) is 0 Å². The molecule has 0 aliphatic rings. The van der Waals surface area contributed by atoms with Crippen molar-refractivity contribution in [3.63, 3.8) is 0 Å². The van der Waals surface area contributed by atoms with Gasteiger partial charge in [-0.1, -0.05) is 0 Å². The van der Waals surface area contributed by atoms with Crippen LogP contribution in [0.25, 0.3) is 22.4 Å². The average Bonchev–Trinajstić information content (AvgIpc) is 3.62. The second-order valence-corrected chi connectivity index (χ2v) is 8.88. The maximum Gasteiger partial charge on any atom is 0.417 e. The molecule has 0 aliphatic heterocycles. The molecule has 0 aromatic carbocycles. The molecule has 16 heteroatoms. The Morgan fingerprint density at radius 2 is 1.85 bits per heavy atom. The number of imidazole rings is 1. The van der Waals surface area contributed by atoms with E-state index in [-0.39, 0.29) is 39.9 Å². The molecule has 0 fully saturated rings. The van der Waals surface area contributed by atoms with E-state index in [2.05, 4.69) is 25.5 Å². The molecule has 0 radical (unpaired) electrons. The van der Waals surface area contributed by atoms with Gasteiger partial charge in [0.25, 0.3) is 5.56 Å². The predicted octanol–water partition coefficient (Wildman–Crippen LogP) is 4.07. The number of pyridine rings is 3. The number of anilines is 2. The van der Waals surface area contributed by atoms with E-state index in [1.165, 1.54) is 57.7 Å². The van der Waals surface area contributed by atoms with Crippen molar-refractivity contribution in [2.24, 2.45) is 14.1 Å². The van der Waals surface area contributed by atoms with Crippen molar-refractivity contribution in [1.29, 1.82) is 5.26 Å². The first-order chi connectivity index (χ1) is 19.5. The predicted molar refractivity (Wildman–Crippen MR) is 136 cm³/mol. The third kappa shape index (κ3) is 4.38. The average molecular weight is 564 g/mol. The van der Waals surface area contributed by atoms with Crippen molar-refractivity contribution in [3.8, 4) is 23.3 Å². The molecule has 0 atom stereocenters. The highest BCUT2D eigenvalue weighted by Crippen LogP contribution is 2.34. The molecule has 0 saturated heterocycles. The van der Waals surface area contributed by atoms with Crippen LogP contribution in [-0.2, 0) is 20.3 Å². The molecule has 6 aromatic rings. The van der Waals surface area contributed by atoms with Gasteiger partial charge in [0, 0.05) is 26.5 Å². The highest BCUT2D eigenvalue weighted by Gasteiger charge is 2.33. The van der Waals surface area contributed by atoms with Gasteiger partial charge in [-0.15, -0.1) is 0 Å². The number of aryl methyl sites for hydroxylation is 2. The topological polar surface area (TPSA) is 133 Å². The number of alkyl halides is 3. The van der Waals surface area contributed by atoms with Crippen molar-refractivity contribution in [2.75, 3.05) is 5.32 Å². The summed E-state index contributed by atoms with van der Waals surface area (Å²) in [4.78, 5) is 21.7. The summed E-state index contributed by atoms with van der Waals surface area (Å²) < 4.78 is 65.4. The standard InChI is InChI=1S/C25H16F4N10O2/c1-36-12-15(7-32-36)38-10-13(25(27,28)29)5-17(23(38)40)34-24-35-22-21(37(24)2)16(6-30)19(8-31-22)41-20-9-33-39-11-14(26)3-4-18(20)39/h3-5,7-12H,1-2H3,(H,31,34,35). The van der Waals surface area contributed by atoms with Gasteiger partial charge in [-0.2, -0.15) is 33.6 Å². The normalized spacial score (nSPS) is 11.7. The lowest BCUT2D eigenvalue weighted by atomic mass is 10.2. The molecule has 0 saturated carbocycles. The minimum atomic E-state index is -4.76. The molecule has 0 bridgehead atoms. The zero-order valence-corrected chi connectivity index (χ0v) is 21.0. The van der Waals surface area contributed by atoms with E-state index >= 15 is 0 Å². The van der Waals surface area contributed by atoms with Gasteiger partial charge in [0.1, 0.15) is 34.2 Å². The van der Waals surface area contributed by atoms with Crippen molar-refractivity contribution in [3.05, 3.63) is 82.7 Å². The summed E-state index contributed by atoms with van der Waals surface area (Å²) in [5.74, 6) is -0.299. The van der Waals surface area contributed by atoms with Crippen molar-refractivity contribution < 1.29 is 22.3 Å². The fourth-order valence-electron chi connectivity index (χ4n) is 4.26. The van der Waals surface area contributed by atoms with Crippen LogP contribution in [0.4, 0.5) is 29.2 Å². The quantitative estimate of drug-likeness (QED) is 0.310. The van der Waals surface area contributed by atoms with Gasteiger partial charge >= 0.3 is 6.18 Å². The van der Waals surface area contributed by atoms with Crippen molar-refractivity contribution >= 4 is 28.3 Å². The van der Waals surface area contributed by atoms with Crippen LogP contribution < -0.4 is 15.6 Å². The van der Waals surface area contributed by atoms with E-state index in [0.29, 0.717) is 17.8 Å². The maximum atomic E-state index is 13.7. The third-order valence-electron chi connectivity index (χ3n) is 6.20. The van der Waals surface area contributed by atoms with E-state index < -0.39 is 28.8 Å². The molecule has 1 N–H and O–H groups in total. The van der Waals surface area contributed by atoms with Gasteiger partial charge < -0.3 is 14.6 Å². The zero-order valence-electron chi connectivity index (χ0n) is 21.0. The fourth-order valence-corrected chi connectivity index (χ4v) is 4.26. The summed E-state index contributed by atoms with van der Waals surface area (Å²) in [7, 11) is 3.06. The molecule has 41 heavy (non-hydrogen) atoms. The number of ether oxygens (including phenoxy) is 1. The first kappa shape index (κ1) is 25.6. The van der Waals surface area contributed by atoms with Crippen LogP contribution in [0.1, 0.15) is 11.1 Å². The van der Waals surface area contributed by atoms with E-state index in [9.17, 15) is 27.6 Å². The molecular formula is C25H16F4N10O2. The highest BCUT2D eigenvalue weighted by atomic mass is 19.4. The molecule has 0 spiro atoms. The van der Waals surface area contributed by atoms with E-state index in [4.69, 9.17) is 4.74 Å². The van der Waals surface area contributed by atoms with Crippen molar-refractivity contribution in [2.45, 2.75) is 6.18 Å². The Morgan fingerprint density at radius 3 is 2.56 bits per heavy atom. The van der Waals surface area contributed by atoms with Crippen LogP contribution in [0, 0.1) is 17.1 Å². The Labute approximate surface area is 226 Å². The molecule has 0 amide bonds. The molecule has 6 aromatic heterocycles. The SMILES string of the molecule is Cn1cc(-n2cc(C(F)(F)F)cc(Nc3nc4ncc(Oc5cnn6cc(F)ccc56)c(C#N)c4n3C)c2=O)cn1. The van der Waals surface area contributed by atoms with Gasteiger partial charge in [0.15, 0.2) is 17.1 Å². The first-order valence-electron chi connectivity index (χ1n) is 11.7. The second kappa shape index (κ2) is 9.19. The number of fused-ring (bicyclic) bond motifs is 2. The van der Waals surface area contributed by atoms with Gasteiger partial charge in [-0.05, 0) is 18.2 Å². The van der Waals surface area contributed by atoms with E-state index in [1.807, 2.05) is 6.07 Å². The minimum Gasteiger partial charge on any atom is -0.450 e. The molecular weight excluding hydrogens is 548 g/mol. The first-order valence-corrected chi connectivity index (χ1v) is 11.7. The number of nitriles is 1. The lowest BCUT2D eigenvalue weighted by molar-refractivity contribution is -0.137. The Balaban J connectivity index is 1.43.